The van der Waals surface area contributed by atoms with Gasteiger partial charge in [-0.1, -0.05) is 41.9 Å². The van der Waals surface area contributed by atoms with Crippen molar-refractivity contribution in [3.63, 3.8) is 0 Å². The number of nitrogens with zero attached hydrogens (tertiary/aromatic N) is 1. The van der Waals surface area contributed by atoms with Gasteiger partial charge in [-0.05, 0) is 60.6 Å². The number of likely N-dealkylation sites (tertiary alicyclic amines) is 1. The zero-order valence-electron chi connectivity index (χ0n) is 17.0. The summed E-state index contributed by atoms with van der Waals surface area (Å²) in [7, 11) is 0. The van der Waals surface area contributed by atoms with Crippen LogP contribution in [0.1, 0.15) is 47.3 Å². The van der Waals surface area contributed by atoms with Gasteiger partial charge in [-0.2, -0.15) is 0 Å². The van der Waals surface area contributed by atoms with Crippen molar-refractivity contribution in [3.8, 4) is 11.5 Å². The molecule has 5 heteroatoms. The van der Waals surface area contributed by atoms with Crippen LogP contribution in [0.25, 0.3) is 6.08 Å². The molecule has 0 amide bonds. The predicted molar refractivity (Wildman–Crippen MR) is 118 cm³/mol. The number of piperidine rings is 1. The number of benzene rings is 2. The number of carbonyl (C=O) groups is 1. The first-order chi connectivity index (χ1) is 13.8. The molecule has 1 fully saturated rings. The fourth-order valence-corrected chi connectivity index (χ4v) is 5.04. The van der Waals surface area contributed by atoms with Gasteiger partial charge < -0.3 is 9.84 Å². The van der Waals surface area contributed by atoms with Crippen LogP contribution in [0.15, 0.2) is 40.6 Å². The van der Waals surface area contributed by atoms with Crippen molar-refractivity contribution in [1.82, 2.24) is 4.90 Å². The summed E-state index contributed by atoms with van der Waals surface area (Å²) in [5.41, 5.74) is 2.90. The first kappa shape index (κ1) is 20.2. The minimum atomic E-state index is -0.126. The highest BCUT2D eigenvalue weighted by Gasteiger charge is 2.34. The second-order valence-corrected chi connectivity index (χ2v) is 9.45. The molecule has 152 valence electrons. The van der Waals surface area contributed by atoms with Crippen molar-refractivity contribution in [1.29, 1.82) is 0 Å². The highest BCUT2D eigenvalue weighted by Crippen LogP contribution is 2.42. The van der Waals surface area contributed by atoms with Gasteiger partial charge in [-0.25, -0.2) is 0 Å². The van der Waals surface area contributed by atoms with Crippen molar-refractivity contribution in [3.05, 3.63) is 62.8 Å². The Kier molecular flexibility index (Phi) is 5.54. The van der Waals surface area contributed by atoms with Crippen LogP contribution in [-0.4, -0.2) is 28.9 Å². The third kappa shape index (κ3) is 4.12. The molecule has 0 spiro atoms. The Bertz CT molecular complexity index is 988. The maximum absolute atomic E-state index is 13.1. The first-order valence-corrected chi connectivity index (χ1v) is 10.9. The van der Waals surface area contributed by atoms with E-state index in [-0.39, 0.29) is 11.5 Å². The fourth-order valence-electron chi connectivity index (χ4n) is 4.63. The number of halogens is 1. The SMILES string of the molecule is Cc1cc(O)c(CN2CC(C)CC(C)C2)c2c1C(=O)/C(=C\c1cccc(Br)c1)O2. The molecule has 4 rings (SSSR count). The number of hydrogen-bond donors (Lipinski definition) is 1. The molecule has 0 saturated carbocycles. The van der Waals surface area contributed by atoms with E-state index in [1.807, 2.05) is 31.2 Å². The molecule has 0 bridgehead atoms. The Morgan fingerprint density at radius 2 is 1.97 bits per heavy atom. The lowest BCUT2D eigenvalue weighted by molar-refractivity contribution is 0.101. The van der Waals surface area contributed by atoms with Gasteiger partial charge in [0.15, 0.2) is 5.76 Å². The lowest BCUT2D eigenvalue weighted by Crippen LogP contribution is -2.38. The maximum atomic E-state index is 13.1. The van der Waals surface area contributed by atoms with Gasteiger partial charge >= 0.3 is 0 Å². The van der Waals surface area contributed by atoms with Gasteiger partial charge in [0.25, 0.3) is 0 Å². The molecule has 2 heterocycles. The van der Waals surface area contributed by atoms with Crippen LogP contribution in [0.2, 0.25) is 0 Å². The van der Waals surface area contributed by atoms with E-state index in [0.29, 0.717) is 41.0 Å². The van der Waals surface area contributed by atoms with E-state index in [4.69, 9.17) is 4.74 Å². The number of allylic oxidation sites excluding steroid dienone is 1. The van der Waals surface area contributed by atoms with E-state index in [2.05, 4.69) is 34.7 Å². The summed E-state index contributed by atoms with van der Waals surface area (Å²) in [6.07, 6.45) is 2.99. The summed E-state index contributed by atoms with van der Waals surface area (Å²) in [4.78, 5) is 15.4. The molecule has 2 aromatic rings. The van der Waals surface area contributed by atoms with Crippen molar-refractivity contribution < 1.29 is 14.6 Å². The average molecular weight is 456 g/mol. The molecular weight excluding hydrogens is 430 g/mol. The second-order valence-electron chi connectivity index (χ2n) is 8.53. The number of hydrogen-bond acceptors (Lipinski definition) is 4. The number of ketones is 1. The summed E-state index contributed by atoms with van der Waals surface area (Å²) in [6, 6.07) is 9.42. The lowest BCUT2D eigenvalue weighted by atomic mass is 9.91. The van der Waals surface area contributed by atoms with Gasteiger partial charge in [0.2, 0.25) is 5.78 Å². The number of carbonyl (C=O) groups excluding carboxylic acids is 1. The van der Waals surface area contributed by atoms with Gasteiger partial charge in [0.1, 0.15) is 11.5 Å². The molecule has 0 aromatic heterocycles. The Morgan fingerprint density at radius 3 is 2.66 bits per heavy atom. The maximum Gasteiger partial charge on any atom is 0.232 e. The largest absolute Gasteiger partial charge is 0.507 e. The molecule has 29 heavy (non-hydrogen) atoms. The van der Waals surface area contributed by atoms with E-state index in [1.165, 1.54) is 6.42 Å². The van der Waals surface area contributed by atoms with Gasteiger partial charge in [0.05, 0.1) is 11.1 Å². The number of rotatable bonds is 3. The number of aryl methyl sites for hydroxylation is 1. The van der Waals surface area contributed by atoms with Crippen molar-refractivity contribution in [2.45, 2.75) is 33.7 Å². The smallest absolute Gasteiger partial charge is 0.232 e. The molecule has 0 radical (unpaired) electrons. The number of phenolic OH excluding ortho intramolecular Hbond substituents is 1. The summed E-state index contributed by atoms with van der Waals surface area (Å²) < 4.78 is 7.00. The second kappa shape index (κ2) is 7.96. The number of phenols is 1. The molecule has 2 unspecified atom stereocenters. The number of Topliss-reactive ketones (excluding diaryl/α,β-unsaturated/α-hetero) is 1. The van der Waals surface area contributed by atoms with Gasteiger partial charge in [-0.3, -0.25) is 9.69 Å². The molecule has 2 atom stereocenters. The minimum absolute atomic E-state index is 0.126. The Morgan fingerprint density at radius 1 is 1.24 bits per heavy atom. The minimum Gasteiger partial charge on any atom is -0.507 e. The van der Waals surface area contributed by atoms with Crippen molar-refractivity contribution in [2.24, 2.45) is 11.8 Å². The monoisotopic (exact) mass is 455 g/mol. The third-order valence-corrected chi connectivity index (χ3v) is 6.19. The molecular formula is C24H26BrNO3. The Balaban J connectivity index is 1.69. The quantitative estimate of drug-likeness (QED) is 0.615. The third-order valence-electron chi connectivity index (χ3n) is 5.69. The number of aromatic hydroxyl groups is 1. The Hall–Kier alpha value is -2.11. The zero-order valence-corrected chi connectivity index (χ0v) is 18.6. The molecule has 1 N–H and O–H groups in total. The summed E-state index contributed by atoms with van der Waals surface area (Å²) in [5, 5.41) is 10.7. The highest BCUT2D eigenvalue weighted by molar-refractivity contribution is 9.10. The molecule has 2 aliphatic heterocycles. The van der Waals surface area contributed by atoms with Crippen LogP contribution in [-0.2, 0) is 6.54 Å². The molecule has 4 nitrogen and oxygen atoms in total. The standard InChI is InChI=1S/C24H26BrNO3/c1-14-7-15(2)12-26(11-14)13-19-20(27)8-16(3)22-23(28)21(29-24(19)22)10-17-5-4-6-18(25)9-17/h4-6,8-10,14-15,27H,7,11-13H2,1-3H3/b21-10+. The van der Waals surface area contributed by atoms with E-state index >= 15 is 0 Å². The topological polar surface area (TPSA) is 49.8 Å². The van der Waals surface area contributed by atoms with Crippen LogP contribution in [0, 0.1) is 18.8 Å². The van der Waals surface area contributed by atoms with E-state index < -0.39 is 0 Å². The average Bonchev–Trinajstić information content (AvgIpc) is 2.94. The normalized spacial score (nSPS) is 23.3. The molecule has 1 saturated heterocycles. The van der Waals surface area contributed by atoms with E-state index in [0.717, 1.165) is 28.7 Å². The Labute approximate surface area is 180 Å². The molecule has 2 aromatic carbocycles. The van der Waals surface area contributed by atoms with Gasteiger partial charge in [0, 0.05) is 24.1 Å². The summed E-state index contributed by atoms with van der Waals surface area (Å²) in [5.74, 6) is 2.12. The van der Waals surface area contributed by atoms with Crippen LogP contribution in [0.4, 0.5) is 0 Å². The van der Waals surface area contributed by atoms with Gasteiger partial charge in [-0.15, -0.1) is 0 Å². The van der Waals surface area contributed by atoms with Crippen molar-refractivity contribution >= 4 is 27.8 Å². The first-order valence-electron chi connectivity index (χ1n) is 10.1. The fraction of sp³-hybridized carbons (Fsp3) is 0.375. The van der Waals surface area contributed by atoms with Crippen LogP contribution >= 0.6 is 15.9 Å². The summed E-state index contributed by atoms with van der Waals surface area (Å²) >= 11 is 3.46. The van der Waals surface area contributed by atoms with E-state index in [1.54, 1.807) is 12.1 Å². The molecule has 2 aliphatic rings. The van der Waals surface area contributed by atoms with E-state index in [9.17, 15) is 9.90 Å². The number of ether oxygens (including phenoxy) is 1. The zero-order chi connectivity index (χ0) is 20.7. The van der Waals surface area contributed by atoms with Crippen LogP contribution in [0.3, 0.4) is 0 Å². The van der Waals surface area contributed by atoms with Crippen LogP contribution < -0.4 is 4.74 Å². The lowest BCUT2D eigenvalue weighted by Gasteiger charge is -2.35. The predicted octanol–water partition coefficient (Wildman–Crippen LogP) is 5.56. The molecule has 0 aliphatic carbocycles. The number of fused-ring (bicyclic) bond motifs is 1. The van der Waals surface area contributed by atoms with Crippen molar-refractivity contribution in [2.75, 3.05) is 13.1 Å². The highest BCUT2D eigenvalue weighted by atomic mass is 79.9. The van der Waals surface area contributed by atoms with Crippen LogP contribution in [0.5, 0.6) is 11.5 Å². The summed E-state index contributed by atoms with van der Waals surface area (Å²) in [6.45, 7) is 8.93.